The predicted molar refractivity (Wildman–Crippen MR) is 99.9 cm³/mol. The number of nitrogens with zero attached hydrogens (tertiary/aromatic N) is 4. The van der Waals surface area contributed by atoms with Gasteiger partial charge in [-0.2, -0.15) is 0 Å². The second kappa shape index (κ2) is 6.87. The summed E-state index contributed by atoms with van der Waals surface area (Å²) in [7, 11) is 0. The van der Waals surface area contributed by atoms with E-state index in [4.69, 9.17) is 0 Å². The van der Waals surface area contributed by atoms with E-state index in [0.717, 1.165) is 18.5 Å². The Hall–Kier alpha value is -2.15. The Labute approximate surface area is 157 Å². The fourth-order valence-electron chi connectivity index (χ4n) is 4.09. The average Bonchev–Trinajstić information content (AvgIpc) is 3.24. The van der Waals surface area contributed by atoms with Crippen LogP contribution in [0.3, 0.4) is 0 Å². The third kappa shape index (κ3) is 3.05. The highest BCUT2D eigenvalue weighted by atomic mass is 32.1. The summed E-state index contributed by atoms with van der Waals surface area (Å²) in [5.41, 5.74) is 3.44. The van der Waals surface area contributed by atoms with E-state index in [2.05, 4.69) is 18.8 Å². The maximum atomic E-state index is 13.2. The lowest BCUT2D eigenvalue weighted by Crippen LogP contribution is -2.47. The molecule has 0 aliphatic carbocycles. The molecule has 3 aliphatic heterocycles. The van der Waals surface area contributed by atoms with Crippen LogP contribution in [0, 0.1) is 5.92 Å². The zero-order valence-electron chi connectivity index (χ0n) is 15.2. The molecular formula is C19H24N4O2S. The summed E-state index contributed by atoms with van der Waals surface area (Å²) in [4.78, 5) is 34.2. The number of aromatic nitrogens is 2. The van der Waals surface area contributed by atoms with Gasteiger partial charge in [-0.15, -0.1) is 11.3 Å². The van der Waals surface area contributed by atoms with Crippen LogP contribution >= 0.6 is 11.3 Å². The van der Waals surface area contributed by atoms with Crippen LogP contribution in [0.15, 0.2) is 29.2 Å². The van der Waals surface area contributed by atoms with Crippen LogP contribution in [-0.4, -0.2) is 50.3 Å². The summed E-state index contributed by atoms with van der Waals surface area (Å²) >= 11 is 1.55. The minimum Gasteiger partial charge on any atom is -0.341 e. The molecule has 138 valence electrons. The molecule has 2 amide bonds. The average molecular weight is 372 g/mol. The molecule has 2 bridgehead atoms. The number of carbonyl (C=O) groups excluding carboxylic acids is 2. The Morgan fingerprint density at radius 2 is 2.19 bits per heavy atom. The first-order chi connectivity index (χ1) is 12.5. The number of rotatable bonds is 4. The number of hydrogen-bond donors (Lipinski definition) is 0. The number of hydrogen-bond acceptors (Lipinski definition) is 4. The third-order valence-corrected chi connectivity index (χ3v) is 6.09. The van der Waals surface area contributed by atoms with Gasteiger partial charge in [0.2, 0.25) is 5.91 Å². The molecule has 3 fully saturated rings. The van der Waals surface area contributed by atoms with Gasteiger partial charge in [-0.1, -0.05) is 0 Å². The highest BCUT2D eigenvalue weighted by Crippen LogP contribution is 2.31. The fraction of sp³-hybridized carbons (Fsp3) is 0.526. The lowest BCUT2D eigenvalue weighted by atomic mass is 9.94. The lowest BCUT2D eigenvalue weighted by Gasteiger charge is -2.35. The SMILES string of the molecule is CC(C)n1cccc1C(=O)N1C[C@@H]2CC[C@H](C1)N(Cc1cscn1)C2=O. The normalized spacial score (nSPS) is 23.0. The Balaban J connectivity index is 1.56. The van der Waals surface area contributed by atoms with Gasteiger partial charge in [0.1, 0.15) is 5.69 Å². The van der Waals surface area contributed by atoms with Crippen molar-refractivity contribution in [2.45, 2.75) is 45.3 Å². The molecule has 7 heteroatoms. The smallest absolute Gasteiger partial charge is 0.270 e. The second-order valence-electron chi connectivity index (χ2n) is 7.48. The number of amides is 2. The first-order valence-electron chi connectivity index (χ1n) is 9.18. The molecule has 5 heterocycles. The first-order valence-corrected chi connectivity index (χ1v) is 10.1. The summed E-state index contributed by atoms with van der Waals surface area (Å²) in [6, 6.07) is 4.11. The molecular weight excluding hydrogens is 348 g/mol. The molecule has 5 rings (SSSR count). The Morgan fingerprint density at radius 3 is 2.92 bits per heavy atom. The van der Waals surface area contributed by atoms with E-state index >= 15 is 0 Å². The van der Waals surface area contributed by atoms with Gasteiger partial charge in [0.25, 0.3) is 5.91 Å². The largest absolute Gasteiger partial charge is 0.341 e. The topological polar surface area (TPSA) is 58.4 Å². The van der Waals surface area contributed by atoms with E-state index in [1.807, 2.05) is 38.1 Å². The molecule has 0 saturated carbocycles. The summed E-state index contributed by atoms with van der Waals surface area (Å²) in [5.74, 6) is 0.103. The molecule has 0 unspecified atom stereocenters. The van der Waals surface area contributed by atoms with Gasteiger partial charge in [0.15, 0.2) is 0 Å². The van der Waals surface area contributed by atoms with Crippen molar-refractivity contribution in [2.75, 3.05) is 13.1 Å². The van der Waals surface area contributed by atoms with Crippen LogP contribution in [0.25, 0.3) is 0 Å². The van der Waals surface area contributed by atoms with E-state index < -0.39 is 0 Å². The van der Waals surface area contributed by atoms with Gasteiger partial charge >= 0.3 is 0 Å². The van der Waals surface area contributed by atoms with Gasteiger partial charge in [-0.25, -0.2) is 4.98 Å². The van der Waals surface area contributed by atoms with Crippen molar-refractivity contribution < 1.29 is 9.59 Å². The van der Waals surface area contributed by atoms with Crippen molar-refractivity contribution in [1.82, 2.24) is 19.4 Å². The van der Waals surface area contributed by atoms with Crippen LogP contribution in [0.4, 0.5) is 0 Å². The number of fused-ring (bicyclic) bond motifs is 4. The maximum absolute atomic E-state index is 13.2. The predicted octanol–water partition coefficient (Wildman–Crippen LogP) is 2.79. The molecule has 0 radical (unpaired) electrons. The van der Waals surface area contributed by atoms with Crippen LogP contribution in [-0.2, 0) is 11.3 Å². The minimum atomic E-state index is -0.0983. The van der Waals surface area contributed by atoms with Crippen LogP contribution in [0.1, 0.15) is 48.9 Å². The Morgan fingerprint density at radius 1 is 1.35 bits per heavy atom. The van der Waals surface area contributed by atoms with E-state index in [1.165, 1.54) is 0 Å². The molecule has 3 saturated heterocycles. The van der Waals surface area contributed by atoms with E-state index in [0.29, 0.717) is 25.3 Å². The first kappa shape index (κ1) is 17.3. The summed E-state index contributed by atoms with van der Waals surface area (Å²) < 4.78 is 2.00. The van der Waals surface area contributed by atoms with Crippen LogP contribution < -0.4 is 0 Å². The van der Waals surface area contributed by atoms with Gasteiger partial charge in [-0.05, 0) is 38.8 Å². The minimum absolute atomic E-state index is 0.0314. The molecule has 2 atom stereocenters. The zero-order chi connectivity index (χ0) is 18.3. The van der Waals surface area contributed by atoms with E-state index in [9.17, 15) is 9.59 Å². The van der Waals surface area contributed by atoms with Crippen LogP contribution in [0.2, 0.25) is 0 Å². The number of thiazole rings is 1. The second-order valence-corrected chi connectivity index (χ2v) is 8.20. The summed E-state index contributed by atoms with van der Waals surface area (Å²) in [6.07, 6.45) is 3.77. The molecule has 6 nitrogen and oxygen atoms in total. The molecule has 2 aromatic heterocycles. The highest BCUT2D eigenvalue weighted by Gasteiger charge is 2.42. The molecule has 0 spiro atoms. The number of piperidine rings is 1. The van der Waals surface area contributed by atoms with E-state index in [-0.39, 0.29) is 29.8 Å². The van der Waals surface area contributed by atoms with Crippen molar-refractivity contribution in [3.05, 3.63) is 40.6 Å². The fourth-order valence-corrected chi connectivity index (χ4v) is 4.64. The van der Waals surface area contributed by atoms with Gasteiger partial charge in [-0.3, -0.25) is 9.59 Å². The monoisotopic (exact) mass is 372 g/mol. The Kier molecular flexibility index (Phi) is 4.56. The highest BCUT2D eigenvalue weighted by molar-refractivity contribution is 7.07. The molecule has 26 heavy (non-hydrogen) atoms. The van der Waals surface area contributed by atoms with Crippen LogP contribution in [0.5, 0.6) is 0 Å². The van der Waals surface area contributed by atoms with Crippen molar-refractivity contribution in [2.24, 2.45) is 5.92 Å². The van der Waals surface area contributed by atoms with Crippen molar-refractivity contribution in [1.29, 1.82) is 0 Å². The van der Waals surface area contributed by atoms with Crippen molar-refractivity contribution in [3.8, 4) is 0 Å². The third-order valence-electron chi connectivity index (χ3n) is 5.45. The number of carbonyl (C=O) groups is 2. The molecule has 2 aromatic rings. The lowest BCUT2D eigenvalue weighted by molar-refractivity contribution is -0.140. The van der Waals surface area contributed by atoms with Gasteiger partial charge in [0.05, 0.1) is 23.7 Å². The summed E-state index contributed by atoms with van der Waals surface area (Å²) in [5, 5.41) is 1.99. The van der Waals surface area contributed by atoms with Gasteiger partial charge < -0.3 is 14.4 Å². The molecule has 0 aromatic carbocycles. The standard InChI is InChI=1S/C19H24N4O2S/c1-13(2)22-7-3-4-17(22)19(25)21-8-14-5-6-16(10-21)23(18(14)24)9-15-11-26-12-20-15/h3-4,7,11-14,16H,5-6,8-10H2,1-2H3/t14-,16+/m0/s1. The Bertz CT molecular complexity index is 798. The zero-order valence-corrected chi connectivity index (χ0v) is 16.0. The summed E-state index contributed by atoms with van der Waals surface area (Å²) in [6.45, 7) is 5.82. The molecule has 3 aliphatic rings. The molecule has 0 N–H and O–H groups in total. The maximum Gasteiger partial charge on any atom is 0.270 e. The van der Waals surface area contributed by atoms with Gasteiger partial charge in [0, 0.05) is 36.8 Å². The van der Waals surface area contributed by atoms with E-state index in [1.54, 1.807) is 16.8 Å². The quantitative estimate of drug-likeness (QED) is 0.829. The van der Waals surface area contributed by atoms with Crippen molar-refractivity contribution >= 4 is 23.2 Å². The van der Waals surface area contributed by atoms with Crippen molar-refractivity contribution in [3.63, 3.8) is 0 Å².